The predicted octanol–water partition coefficient (Wildman–Crippen LogP) is 5.61. The van der Waals surface area contributed by atoms with Crippen molar-refractivity contribution in [1.82, 2.24) is 14.9 Å². The summed E-state index contributed by atoms with van der Waals surface area (Å²) in [5.74, 6) is -1.17. The van der Waals surface area contributed by atoms with Crippen LogP contribution in [0.25, 0.3) is 10.9 Å². The van der Waals surface area contributed by atoms with E-state index in [1.165, 1.54) is 11.3 Å². The van der Waals surface area contributed by atoms with E-state index < -0.39 is 17.3 Å². The molecular weight excluding hydrogens is 550 g/mol. The number of likely N-dealkylation sites (N-methyl/N-ethyl adjacent to an activating group) is 1. The first kappa shape index (κ1) is 27.8. The van der Waals surface area contributed by atoms with E-state index in [0.29, 0.717) is 32.7 Å². The van der Waals surface area contributed by atoms with Crippen molar-refractivity contribution in [3.8, 4) is 0 Å². The average molecular weight is 580 g/mol. The van der Waals surface area contributed by atoms with Gasteiger partial charge in [0.1, 0.15) is 5.69 Å². The number of anilines is 2. The number of H-pyrrole nitrogens is 1. The van der Waals surface area contributed by atoms with E-state index in [4.69, 9.17) is 16.3 Å². The molecule has 2 aromatic carbocycles. The van der Waals surface area contributed by atoms with Crippen molar-refractivity contribution in [3.63, 3.8) is 0 Å². The Morgan fingerprint density at radius 3 is 2.65 bits per heavy atom. The zero-order chi connectivity index (χ0) is 28.6. The smallest absolute Gasteiger partial charge is 0.315 e. The van der Waals surface area contributed by atoms with Crippen LogP contribution in [0.5, 0.6) is 0 Å². The summed E-state index contributed by atoms with van der Waals surface area (Å²) in [6.07, 6.45) is 0.788. The Hall–Kier alpha value is -3.73. The van der Waals surface area contributed by atoms with Gasteiger partial charge in [0.05, 0.1) is 29.1 Å². The third-order valence-corrected chi connectivity index (χ3v) is 8.28. The van der Waals surface area contributed by atoms with E-state index in [1.54, 1.807) is 63.2 Å². The quantitative estimate of drug-likeness (QED) is 0.245. The number of thiazole rings is 1. The largest absolute Gasteiger partial charge is 0.465 e. The van der Waals surface area contributed by atoms with Gasteiger partial charge in [-0.25, -0.2) is 4.98 Å². The predicted molar refractivity (Wildman–Crippen MR) is 157 cm³/mol. The molecule has 1 aliphatic heterocycles. The number of carbonyl (C=O) groups excluding carboxylic acids is 3. The van der Waals surface area contributed by atoms with Gasteiger partial charge in [-0.3, -0.25) is 14.4 Å². The Morgan fingerprint density at radius 2 is 1.88 bits per heavy atom. The van der Waals surface area contributed by atoms with Crippen molar-refractivity contribution in [2.75, 3.05) is 30.8 Å². The molecule has 5 rings (SSSR count). The van der Waals surface area contributed by atoms with Crippen LogP contribution in [-0.2, 0) is 27.9 Å². The lowest BCUT2D eigenvalue weighted by atomic mass is 9.84. The fourth-order valence-electron chi connectivity index (χ4n) is 4.59. The number of hydrogen-bond donors (Lipinski definition) is 3. The summed E-state index contributed by atoms with van der Waals surface area (Å²) in [5.41, 5.74) is 2.41. The number of nitrogens with zero attached hydrogens (tertiary/aromatic N) is 2. The Labute approximate surface area is 240 Å². The second-order valence-corrected chi connectivity index (χ2v) is 11.8. The van der Waals surface area contributed by atoms with Crippen LogP contribution in [0.2, 0.25) is 5.02 Å². The van der Waals surface area contributed by atoms with Gasteiger partial charge in [0, 0.05) is 40.3 Å². The van der Waals surface area contributed by atoms with Gasteiger partial charge in [-0.1, -0.05) is 17.7 Å². The summed E-state index contributed by atoms with van der Waals surface area (Å²) >= 11 is 7.46. The van der Waals surface area contributed by atoms with Crippen LogP contribution in [-0.4, -0.2) is 52.9 Å². The number of benzene rings is 2. The van der Waals surface area contributed by atoms with Crippen LogP contribution >= 0.6 is 22.9 Å². The normalized spacial score (nSPS) is 13.6. The Balaban J connectivity index is 1.47. The highest BCUT2D eigenvalue weighted by Gasteiger charge is 2.32. The number of ether oxygens (including phenoxy) is 1. The van der Waals surface area contributed by atoms with Gasteiger partial charge in [0.15, 0.2) is 5.01 Å². The minimum Gasteiger partial charge on any atom is -0.465 e. The summed E-state index contributed by atoms with van der Waals surface area (Å²) in [4.78, 5) is 50.2. The first-order chi connectivity index (χ1) is 19.0. The Bertz CT molecular complexity index is 1630. The molecule has 0 aliphatic carbocycles. The van der Waals surface area contributed by atoms with Crippen molar-refractivity contribution in [2.24, 2.45) is 0 Å². The van der Waals surface area contributed by atoms with E-state index in [-0.39, 0.29) is 12.5 Å². The molecule has 0 fully saturated rings. The molecule has 4 aromatic rings. The molecule has 9 nitrogen and oxygen atoms in total. The number of halogens is 1. The molecule has 0 atom stereocenters. The third-order valence-electron chi connectivity index (χ3n) is 6.97. The summed E-state index contributed by atoms with van der Waals surface area (Å²) < 4.78 is 5.27. The highest BCUT2D eigenvalue weighted by molar-refractivity contribution is 7.13. The fraction of sp³-hybridized carbons (Fsp3) is 0.310. The van der Waals surface area contributed by atoms with Crippen LogP contribution in [0.4, 0.5) is 11.4 Å². The number of aromatic nitrogens is 2. The van der Waals surface area contributed by atoms with Crippen LogP contribution in [0.3, 0.4) is 0 Å². The minimum absolute atomic E-state index is 0.250. The molecule has 40 heavy (non-hydrogen) atoms. The van der Waals surface area contributed by atoms with Crippen molar-refractivity contribution in [1.29, 1.82) is 0 Å². The summed E-state index contributed by atoms with van der Waals surface area (Å²) in [6, 6.07) is 12.1. The maximum Gasteiger partial charge on any atom is 0.315 e. The van der Waals surface area contributed by atoms with Gasteiger partial charge in [-0.15, -0.1) is 11.3 Å². The molecule has 1 aliphatic rings. The van der Waals surface area contributed by atoms with Crippen LogP contribution in [0.1, 0.15) is 57.2 Å². The number of rotatable bonds is 7. The first-order valence-electron chi connectivity index (χ1n) is 12.9. The number of fused-ring (bicyclic) bond motifs is 2. The lowest BCUT2D eigenvalue weighted by Gasteiger charge is -2.24. The summed E-state index contributed by atoms with van der Waals surface area (Å²) in [6.45, 7) is 7.15. The van der Waals surface area contributed by atoms with Gasteiger partial charge >= 0.3 is 5.97 Å². The SMILES string of the molecule is CCOC(=O)C(C)(C)c1ccc(NC(=O)c2cc3cc(Cl)ccc3[nH]2)c(NC(=O)c2nc3c(s2)CN(C)CC3)c1. The average Bonchev–Trinajstić information content (AvgIpc) is 3.53. The maximum atomic E-state index is 13.4. The van der Waals surface area contributed by atoms with Gasteiger partial charge in [0.2, 0.25) is 0 Å². The van der Waals surface area contributed by atoms with Crippen LogP contribution < -0.4 is 10.6 Å². The molecule has 2 aromatic heterocycles. The van der Waals surface area contributed by atoms with Crippen molar-refractivity contribution in [3.05, 3.63) is 74.3 Å². The Morgan fingerprint density at radius 1 is 1.10 bits per heavy atom. The van der Waals surface area contributed by atoms with Crippen LogP contribution in [0.15, 0.2) is 42.5 Å². The zero-order valence-corrected chi connectivity index (χ0v) is 24.3. The monoisotopic (exact) mass is 579 g/mol. The first-order valence-corrected chi connectivity index (χ1v) is 14.1. The lowest BCUT2D eigenvalue weighted by molar-refractivity contribution is -0.148. The summed E-state index contributed by atoms with van der Waals surface area (Å²) in [5, 5.41) is 7.53. The molecule has 0 bridgehead atoms. The van der Waals surface area contributed by atoms with E-state index in [1.807, 2.05) is 7.05 Å². The fourth-order valence-corrected chi connectivity index (χ4v) is 5.85. The number of hydrogen-bond acceptors (Lipinski definition) is 7. The minimum atomic E-state index is -0.987. The molecule has 0 spiro atoms. The molecule has 0 radical (unpaired) electrons. The highest BCUT2D eigenvalue weighted by atomic mass is 35.5. The Kier molecular flexibility index (Phi) is 7.67. The van der Waals surface area contributed by atoms with Gasteiger partial charge < -0.3 is 25.3 Å². The second-order valence-electron chi connectivity index (χ2n) is 10.3. The number of amides is 2. The number of esters is 1. The number of carbonyl (C=O) groups is 3. The third kappa shape index (κ3) is 5.60. The highest BCUT2D eigenvalue weighted by Crippen LogP contribution is 2.33. The molecule has 3 N–H and O–H groups in total. The molecule has 2 amide bonds. The number of nitrogens with one attached hydrogen (secondary N) is 3. The van der Waals surface area contributed by atoms with Gasteiger partial charge in [0.25, 0.3) is 11.8 Å². The second kappa shape index (κ2) is 11.0. The zero-order valence-electron chi connectivity index (χ0n) is 22.7. The molecule has 3 heterocycles. The molecule has 208 valence electrons. The van der Waals surface area contributed by atoms with E-state index >= 15 is 0 Å². The summed E-state index contributed by atoms with van der Waals surface area (Å²) in [7, 11) is 2.04. The maximum absolute atomic E-state index is 13.4. The van der Waals surface area contributed by atoms with Crippen molar-refractivity contribution < 1.29 is 19.1 Å². The van der Waals surface area contributed by atoms with Crippen molar-refractivity contribution >= 4 is 63.0 Å². The molecular formula is C29H30ClN5O4S. The standard InChI is InChI=1S/C29H30ClN5O4S/c1-5-39-28(38)29(2,3)17-6-8-20(32-25(36)23-13-16-12-18(30)7-9-19(16)31-23)22(14-17)33-26(37)27-34-21-10-11-35(4)15-24(21)40-27/h6-9,12-14,31H,5,10-11,15H2,1-4H3,(H,32,36)(H,33,37). The van der Waals surface area contributed by atoms with E-state index in [0.717, 1.165) is 41.0 Å². The lowest BCUT2D eigenvalue weighted by Crippen LogP contribution is -2.31. The topological polar surface area (TPSA) is 116 Å². The number of aromatic amines is 1. The van der Waals surface area contributed by atoms with Gasteiger partial charge in [-0.2, -0.15) is 0 Å². The van der Waals surface area contributed by atoms with Gasteiger partial charge in [-0.05, 0) is 69.8 Å². The molecule has 0 saturated heterocycles. The van der Waals surface area contributed by atoms with E-state index in [2.05, 4.69) is 25.5 Å². The van der Waals surface area contributed by atoms with E-state index in [9.17, 15) is 14.4 Å². The molecule has 0 unspecified atom stereocenters. The van der Waals surface area contributed by atoms with Crippen molar-refractivity contribution in [2.45, 2.75) is 39.2 Å². The molecule has 0 saturated carbocycles. The van der Waals surface area contributed by atoms with Crippen LogP contribution in [0, 0.1) is 0 Å². The molecule has 11 heteroatoms.